The van der Waals surface area contributed by atoms with Gasteiger partial charge in [0.1, 0.15) is 9.88 Å². The second-order valence-electron chi connectivity index (χ2n) is 6.26. The maximum absolute atomic E-state index is 12.7. The number of aromatic nitrogens is 1. The van der Waals surface area contributed by atoms with Gasteiger partial charge in [-0.1, -0.05) is 48.9 Å². The summed E-state index contributed by atoms with van der Waals surface area (Å²) >= 11 is 1.44. The summed E-state index contributed by atoms with van der Waals surface area (Å²) in [5.41, 5.74) is 6.20. The summed E-state index contributed by atoms with van der Waals surface area (Å²) in [6.07, 6.45) is 1.01. The van der Waals surface area contributed by atoms with Crippen LogP contribution in [0, 0.1) is 20.8 Å². The number of benzene rings is 2. The van der Waals surface area contributed by atoms with Gasteiger partial charge in [0.25, 0.3) is 5.91 Å². The molecular weight excluding hydrogens is 328 g/mol. The number of rotatable bonds is 4. The molecule has 0 unspecified atom stereocenters. The minimum absolute atomic E-state index is 0.0987. The van der Waals surface area contributed by atoms with Gasteiger partial charge in [0.2, 0.25) is 0 Å². The maximum atomic E-state index is 12.7. The number of amides is 1. The first-order valence-electron chi connectivity index (χ1n) is 8.43. The lowest BCUT2D eigenvalue weighted by molar-refractivity contribution is 0.102. The van der Waals surface area contributed by atoms with E-state index in [0.29, 0.717) is 4.88 Å². The molecule has 0 spiro atoms. The first-order chi connectivity index (χ1) is 12.0. The second-order valence-corrected chi connectivity index (χ2v) is 7.26. The maximum Gasteiger partial charge on any atom is 0.267 e. The molecule has 1 N–H and O–H groups in total. The number of hydrogen-bond donors (Lipinski definition) is 1. The van der Waals surface area contributed by atoms with Crippen LogP contribution in [0.1, 0.15) is 39.0 Å². The van der Waals surface area contributed by atoms with Crippen LogP contribution in [0.2, 0.25) is 0 Å². The molecule has 0 fully saturated rings. The SMILES string of the molecule is CCc1ccc(-c2nc(C)c(C(=O)Nc3ccc(C)cc3C)s2)cc1. The molecule has 25 heavy (non-hydrogen) atoms. The Morgan fingerprint density at radius 3 is 2.44 bits per heavy atom. The highest BCUT2D eigenvalue weighted by molar-refractivity contribution is 7.17. The zero-order valence-electron chi connectivity index (χ0n) is 15.0. The minimum Gasteiger partial charge on any atom is -0.321 e. The molecule has 0 atom stereocenters. The average molecular weight is 350 g/mol. The van der Waals surface area contributed by atoms with Crippen LogP contribution in [0.25, 0.3) is 10.6 Å². The fraction of sp³-hybridized carbons (Fsp3) is 0.238. The highest BCUT2D eigenvalue weighted by Gasteiger charge is 2.17. The summed E-state index contributed by atoms with van der Waals surface area (Å²) in [5.74, 6) is -0.0987. The Morgan fingerprint density at radius 2 is 1.80 bits per heavy atom. The standard InChI is InChI=1S/C21H22N2OS/c1-5-16-7-9-17(10-8-16)21-22-15(4)19(25-21)20(24)23-18-11-6-13(2)12-14(18)3/h6-12H,5H2,1-4H3,(H,23,24). The highest BCUT2D eigenvalue weighted by atomic mass is 32.1. The summed E-state index contributed by atoms with van der Waals surface area (Å²) in [6, 6.07) is 14.4. The number of anilines is 1. The normalized spacial score (nSPS) is 10.7. The summed E-state index contributed by atoms with van der Waals surface area (Å²) in [6.45, 7) is 8.07. The van der Waals surface area contributed by atoms with Crippen molar-refractivity contribution in [2.24, 2.45) is 0 Å². The van der Waals surface area contributed by atoms with E-state index in [2.05, 4.69) is 47.6 Å². The van der Waals surface area contributed by atoms with Gasteiger partial charge in [-0.05, 0) is 44.4 Å². The van der Waals surface area contributed by atoms with Crippen LogP contribution in [-0.2, 0) is 6.42 Å². The number of carbonyl (C=O) groups is 1. The first-order valence-corrected chi connectivity index (χ1v) is 9.25. The molecule has 1 aromatic heterocycles. The number of nitrogens with one attached hydrogen (secondary N) is 1. The monoisotopic (exact) mass is 350 g/mol. The Morgan fingerprint density at radius 1 is 1.08 bits per heavy atom. The van der Waals surface area contributed by atoms with Crippen molar-refractivity contribution in [3.05, 3.63) is 69.7 Å². The smallest absolute Gasteiger partial charge is 0.267 e. The van der Waals surface area contributed by atoms with E-state index < -0.39 is 0 Å². The van der Waals surface area contributed by atoms with Crippen molar-refractivity contribution in [1.29, 1.82) is 0 Å². The predicted octanol–water partition coefficient (Wildman–Crippen LogP) is 5.55. The predicted molar refractivity (Wildman–Crippen MR) is 106 cm³/mol. The zero-order chi connectivity index (χ0) is 18.0. The Bertz CT molecular complexity index is 910. The number of nitrogens with zero attached hydrogens (tertiary/aromatic N) is 1. The number of aryl methyl sites for hydroxylation is 4. The van der Waals surface area contributed by atoms with Crippen LogP contribution in [0.3, 0.4) is 0 Å². The number of hydrogen-bond acceptors (Lipinski definition) is 3. The van der Waals surface area contributed by atoms with Crippen molar-refractivity contribution in [2.75, 3.05) is 5.32 Å². The molecule has 0 aliphatic heterocycles. The van der Waals surface area contributed by atoms with E-state index in [0.717, 1.165) is 33.9 Å². The molecule has 0 saturated heterocycles. The van der Waals surface area contributed by atoms with Gasteiger partial charge in [-0.15, -0.1) is 11.3 Å². The third-order valence-corrected chi connectivity index (χ3v) is 5.45. The van der Waals surface area contributed by atoms with Crippen LogP contribution in [0.5, 0.6) is 0 Å². The molecule has 2 aromatic carbocycles. The van der Waals surface area contributed by atoms with Gasteiger partial charge in [-0.2, -0.15) is 0 Å². The first kappa shape index (κ1) is 17.4. The van der Waals surface area contributed by atoms with Gasteiger partial charge >= 0.3 is 0 Å². The van der Waals surface area contributed by atoms with E-state index in [1.165, 1.54) is 22.5 Å². The Kier molecular flexibility index (Phi) is 5.00. The van der Waals surface area contributed by atoms with Crippen LogP contribution < -0.4 is 5.32 Å². The fourth-order valence-electron chi connectivity index (χ4n) is 2.75. The average Bonchev–Trinajstić information content (AvgIpc) is 2.99. The van der Waals surface area contributed by atoms with E-state index in [1.807, 2.05) is 32.9 Å². The Balaban J connectivity index is 1.84. The van der Waals surface area contributed by atoms with E-state index in [4.69, 9.17) is 0 Å². The molecule has 3 nitrogen and oxygen atoms in total. The quantitative estimate of drug-likeness (QED) is 0.670. The van der Waals surface area contributed by atoms with Crippen molar-refractivity contribution < 1.29 is 4.79 Å². The summed E-state index contributed by atoms with van der Waals surface area (Å²) < 4.78 is 0. The van der Waals surface area contributed by atoms with E-state index in [-0.39, 0.29) is 5.91 Å². The molecule has 0 radical (unpaired) electrons. The van der Waals surface area contributed by atoms with Gasteiger partial charge in [0.05, 0.1) is 5.69 Å². The molecule has 3 aromatic rings. The van der Waals surface area contributed by atoms with Crippen LogP contribution >= 0.6 is 11.3 Å². The largest absolute Gasteiger partial charge is 0.321 e. The third kappa shape index (κ3) is 3.80. The summed E-state index contributed by atoms with van der Waals surface area (Å²) in [5, 5.41) is 3.89. The van der Waals surface area contributed by atoms with Crippen molar-refractivity contribution in [3.8, 4) is 10.6 Å². The third-order valence-electron chi connectivity index (χ3n) is 4.24. The number of thiazole rings is 1. The zero-order valence-corrected chi connectivity index (χ0v) is 15.8. The van der Waals surface area contributed by atoms with Gasteiger partial charge in [-0.25, -0.2) is 4.98 Å². The minimum atomic E-state index is -0.0987. The van der Waals surface area contributed by atoms with Crippen molar-refractivity contribution in [2.45, 2.75) is 34.1 Å². The molecule has 0 bridgehead atoms. The lowest BCUT2D eigenvalue weighted by atomic mass is 10.1. The lowest BCUT2D eigenvalue weighted by Crippen LogP contribution is -2.12. The molecule has 0 aliphatic rings. The lowest BCUT2D eigenvalue weighted by Gasteiger charge is -2.08. The summed E-state index contributed by atoms with van der Waals surface area (Å²) in [4.78, 5) is 17.9. The highest BCUT2D eigenvalue weighted by Crippen LogP contribution is 2.29. The van der Waals surface area contributed by atoms with E-state index >= 15 is 0 Å². The molecule has 1 amide bonds. The fourth-order valence-corrected chi connectivity index (χ4v) is 3.71. The van der Waals surface area contributed by atoms with Crippen molar-refractivity contribution >= 4 is 22.9 Å². The molecule has 4 heteroatoms. The Labute approximate surface area is 152 Å². The van der Waals surface area contributed by atoms with Gasteiger partial charge in [0.15, 0.2) is 0 Å². The molecule has 0 saturated carbocycles. The molecule has 128 valence electrons. The molecular formula is C21H22N2OS. The topological polar surface area (TPSA) is 42.0 Å². The van der Waals surface area contributed by atoms with E-state index in [9.17, 15) is 4.79 Å². The van der Waals surface area contributed by atoms with Crippen LogP contribution in [0.4, 0.5) is 5.69 Å². The molecule has 1 heterocycles. The Hall–Kier alpha value is -2.46. The van der Waals surface area contributed by atoms with Crippen molar-refractivity contribution in [1.82, 2.24) is 4.98 Å². The van der Waals surface area contributed by atoms with Crippen LogP contribution in [0.15, 0.2) is 42.5 Å². The second kappa shape index (κ2) is 7.19. The van der Waals surface area contributed by atoms with Gasteiger partial charge < -0.3 is 5.32 Å². The van der Waals surface area contributed by atoms with Gasteiger partial charge in [-0.3, -0.25) is 4.79 Å². The number of carbonyl (C=O) groups excluding carboxylic acids is 1. The molecule has 0 aliphatic carbocycles. The summed E-state index contributed by atoms with van der Waals surface area (Å²) in [7, 11) is 0. The van der Waals surface area contributed by atoms with E-state index in [1.54, 1.807) is 0 Å². The molecule has 3 rings (SSSR count). The van der Waals surface area contributed by atoms with Gasteiger partial charge in [0, 0.05) is 11.3 Å². The van der Waals surface area contributed by atoms with Crippen molar-refractivity contribution in [3.63, 3.8) is 0 Å². The van der Waals surface area contributed by atoms with Crippen LogP contribution in [-0.4, -0.2) is 10.9 Å².